The van der Waals surface area contributed by atoms with Gasteiger partial charge in [-0.1, -0.05) is 18.2 Å². The number of benzene rings is 1. The van der Waals surface area contributed by atoms with Gasteiger partial charge in [0.25, 0.3) is 0 Å². The first-order valence-electron chi connectivity index (χ1n) is 7.94. The van der Waals surface area contributed by atoms with E-state index in [1.54, 1.807) is 23.5 Å². The second-order valence-corrected chi connectivity index (χ2v) is 6.17. The van der Waals surface area contributed by atoms with Crippen LogP contribution in [0.25, 0.3) is 0 Å². The Hall–Kier alpha value is -2.34. The Balaban J connectivity index is 1.88. The van der Waals surface area contributed by atoms with Crippen LogP contribution < -0.4 is 10.6 Å². The summed E-state index contributed by atoms with van der Waals surface area (Å²) in [5.41, 5.74) is 1.59. The molecule has 0 spiro atoms. The van der Waals surface area contributed by atoms with Gasteiger partial charge in [-0.05, 0) is 42.5 Å². The number of guanidine groups is 1. The van der Waals surface area contributed by atoms with E-state index in [-0.39, 0.29) is 5.97 Å². The third-order valence-electron chi connectivity index (χ3n) is 3.38. The predicted octanol–water partition coefficient (Wildman–Crippen LogP) is 2.83. The zero-order valence-corrected chi connectivity index (χ0v) is 14.9. The molecule has 0 saturated heterocycles. The van der Waals surface area contributed by atoms with E-state index in [1.807, 2.05) is 19.1 Å². The van der Waals surface area contributed by atoms with E-state index in [9.17, 15) is 4.79 Å². The molecule has 128 valence electrons. The first-order chi connectivity index (χ1) is 11.7. The van der Waals surface area contributed by atoms with Crippen LogP contribution in [0.3, 0.4) is 0 Å². The molecule has 0 fully saturated rings. The van der Waals surface area contributed by atoms with Gasteiger partial charge >= 0.3 is 5.97 Å². The van der Waals surface area contributed by atoms with Crippen molar-refractivity contribution in [3.8, 4) is 0 Å². The van der Waals surface area contributed by atoms with Gasteiger partial charge in [-0.3, -0.25) is 0 Å². The summed E-state index contributed by atoms with van der Waals surface area (Å²) in [7, 11) is 1.38. The molecule has 1 heterocycles. The molecule has 0 atom stereocenters. The van der Waals surface area contributed by atoms with Crippen LogP contribution >= 0.6 is 11.3 Å². The minimum atomic E-state index is -0.325. The topological polar surface area (TPSA) is 62.7 Å². The van der Waals surface area contributed by atoms with Crippen molar-refractivity contribution in [1.29, 1.82) is 0 Å². The van der Waals surface area contributed by atoms with Crippen LogP contribution in [0.4, 0.5) is 0 Å². The fourth-order valence-electron chi connectivity index (χ4n) is 2.14. The average molecular weight is 345 g/mol. The van der Waals surface area contributed by atoms with Crippen molar-refractivity contribution in [2.45, 2.75) is 19.9 Å². The molecule has 0 radical (unpaired) electrons. The maximum absolute atomic E-state index is 11.4. The van der Waals surface area contributed by atoms with E-state index < -0.39 is 0 Å². The number of nitrogens with zero attached hydrogens (tertiary/aromatic N) is 1. The summed E-state index contributed by atoms with van der Waals surface area (Å²) in [4.78, 5) is 17.4. The van der Waals surface area contributed by atoms with E-state index in [0.29, 0.717) is 12.1 Å². The van der Waals surface area contributed by atoms with Crippen LogP contribution in [0.15, 0.2) is 46.8 Å². The molecule has 2 N–H and O–H groups in total. The lowest BCUT2D eigenvalue weighted by Gasteiger charge is -2.11. The molecule has 1 aromatic carbocycles. The molecule has 24 heavy (non-hydrogen) atoms. The summed E-state index contributed by atoms with van der Waals surface area (Å²) in [6.45, 7) is 4.25. The van der Waals surface area contributed by atoms with E-state index >= 15 is 0 Å². The van der Waals surface area contributed by atoms with Gasteiger partial charge in [0.05, 0.1) is 19.2 Å². The van der Waals surface area contributed by atoms with Crippen molar-refractivity contribution >= 4 is 23.3 Å². The van der Waals surface area contributed by atoms with Crippen molar-refractivity contribution in [2.24, 2.45) is 4.99 Å². The number of thiophene rings is 1. The largest absolute Gasteiger partial charge is 0.465 e. The number of ether oxygens (including phenoxy) is 1. The molecule has 0 aliphatic carbocycles. The van der Waals surface area contributed by atoms with Gasteiger partial charge in [0.15, 0.2) is 5.96 Å². The number of carbonyl (C=O) groups excluding carboxylic acids is 1. The quantitative estimate of drug-likeness (QED) is 0.460. The van der Waals surface area contributed by atoms with Crippen LogP contribution in [0.2, 0.25) is 0 Å². The van der Waals surface area contributed by atoms with Crippen molar-refractivity contribution in [3.63, 3.8) is 0 Å². The SMILES string of the molecule is CCNC(=NCc1ccc(C(=O)OC)cc1)NCCc1cccs1. The summed E-state index contributed by atoms with van der Waals surface area (Å²) in [6, 6.07) is 11.5. The minimum absolute atomic E-state index is 0.325. The smallest absolute Gasteiger partial charge is 0.337 e. The second-order valence-electron chi connectivity index (χ2n) is 5.14. The summed E-state index contributed by atoms with van der Waals surface area (Å²) in [5.74, 6) is 0.472. The highest BCUT2D eigenvalue weighted by molar-refractivity contribution is 7.09. The fraction of sp³-hybridized carbons (Fsp3) is 0.333. The van der Waals surface area contributed by atoms with Crippen molar-refractivity contribution in [1.82, 2.24) is 10.6 Å². The summed E-state index contributed by atoms with van der Waals surface area (Å²) in [6.07, 6.45) is 0.982. The zero-order valence-electron chi connectivity index (χ0n) is 14.0. The molecule has 5 nitrogen and oxygen atoms in total. The van der Waals surface area contributed by atoms with E-state index in [2.05, 4.69) is 33.1 Å². The molecule has 6 heteroatoms. The molecule has 0 bridgehead atoms. The van der Waals surface area contributed by atoms with Gasteiger partial charge in [-0.15, -0.1) is 11.3 Å². The Bertz CT molecular complexity index is 651. The lowest BCUT2D eigenvalue weighted by molar-refractivity contribution is 0.0600. The number of hydrogen-bond donors (Lipinski definition) is 2. The number of nitrogens with one attached hydrogen (secondary N) is 2. The monoisotopic (exact) mass is 345 g/mol. The van der Waals surface area contributed by atoms with Crippen molar-refractivity contribution in [3.05, 3.63) is 57.8 Å². The molecule has 0 saturated carbocycles. The van der Waals surface area contributed by atoms with Crippen LogP contribution in [-0.2, 0) is 17.7 Å². The van der Waals surface area contributed by atoms with Gasteiger partial charge in [0.1, 0.15) is 0 Å². The minimum Gasteiger partial charge on any atom is -0.465 e. The first-order valence-corrected chi connectivity index (χ1v) is 8.82. The number of hydrogen-bond acceptors (Lipinski definition) is 4. The fourth-order valence-corrected chi connectivity index (χ4v) is 2.84. The number of methoxy groups -OCH3 is 1. The summed E-state index contributed by atoms with van der Waals surface area (Å²) >= 11 is 1.77. The van der Waals surface area contributed by atoms with Gasteiger partial charge in [0.2, 0.25) is 0 Å². The highest BCUT2D eigenvalue weighted by Crippen LogP contribution is 2.08. The van der Waals surface area contributed by atoms with E-state index in [4.69, 9.17) is 4.74 Å². The van der Waals surface area contributed by atoms with Gasteiger partial charge in [-0.2, -0.15) is 0 Å². The van der Waals surface area contributed by atoms with Crippen molar-refractivity contribution in [2.75, 3.05) is 20.2 Å². The first kappa shape index (κ1) is 18.0. The number of aliphatic imine (C=N–C) groups is 1. The number of carbonyl (C=O) groups is 1. The van der Waals surface area contributed by atoms with Gasteiger partial charge in [-0.25, -0.2) is 9.79 Å². The number of rotatable bonds is 7. The summed E-state index contributed by atoms with van der Waals surface area (Å²) < 4.78 is 4.70. The van der Waals surface area contributed by atoms with Crippen LogP contribution in [-0.4, -0.2) is 32.1 Å². The Labute approximate surface area is 146 Å². The lowest BCUT2D eigenvalue weighted by Crippen LogP contribution is -2.38. The highest BCUT2D eigenvalue weighted by Gasteiger charge is 2.04. The van der Waals surface area contributed by atoms with Gasteiger partial charge < -0.3 is 15.4 Å². The van der Waals surface area contributed by atoms with Crippen LogP contribution in [0, 0.1) is 0 Å². The van der Waals surface area contributed by atoms with Gasteiger partial charge in [0, 0.05) is 18.0 Å². The Morgan fingerprint density at radius 1 is 1.21 bits per heavy atom. The third-order valence-corrected chi connectivity index (χ3v) is 4.32. The maximum atomic E-state index is 11.4. The highest BCUT2D eigenvalue weighted by atomic mass is 32.1. The molecule has 2 aromatic rings. The molecular weight excluding hydrogens is 322 g/mol. The average Bonchev–Trinajstić information content (AvgIpc) is 3.13. The number of esters is 1. The zero-order chi connectivity index (χ0) is 17.2. The Morgan fingerprint density at radius 2 is 2.00 bits per heavy atom. The summed E-state index contributed by atoms with van der Waals surface area (Å²) in [5, 5.41) is 8.67. The maximum Gasteiger partial charge on any atom is 0.337 e. The molecule has 1 aromatic heterocycles. The Kier molecular flexibility index (Phi) is 7.29. The molecular formula is C18H23N3O2S. The molecule has 2 rings (SSSR count). The van der Waals surface area contributed by atoms with Crippen molar-refractivity contribution < 1.29 is 9.53 Å². The standard InChI is InChI=1S/C18H23N3O2S/c1-3-19-18(20-11-10-16-5-4-12-24-16)21-13-14-6-8-15(9-7-14)17(22)23-2/h4-9,12H,3,10-11,13H2,1-2H3,(H2,19,20,21). The Morgan fingerprint density at radius 3 is 2.62 bits per heavy atom. The normalized spacial score (nSPS) is 11.2. The molecule has 0 unspecified atom stereocenters. The molecule has 0 aliphatic heterocycles. The lowest BCUT2D eigenvalue weighted by atomic mass is 10.1. The van der Waals surface area contributed by atoms with Crippen LogP contribution in [0.5, 0.6) is 0 Å². The molecule has 0 amide bonds. The second kappa shape index (κ2) is 9.72. The molecule has 0 aliphatic rings. The van der Waals surface area contributed by atoms with E-state index in [0.717, 1.165) is 31.0 Å². The van der Waals surface area contributed by atoms with E-state index in [1.165, 1.54) is 12.0 Å². The predicted molar refractivity (Wildman–Crippen MR) is 98.6 cm³/mol. The third kappa shape index (κ3) is 5.70. The van der Waals surface area contributed by atoms with Crippen LogP contribution in [0.1, 0.15) is 27.7 Å².